The van der Waals surface area contributed by atoms with Crippen LogP contribution < -0.4 is 15.4 Å². The van der Waals surface area contributed by atoms with Gasteiger partial charge in [0.05, 0.1) is 18.2 Å². The molecule has 1 aliphatic rings. The van der Waals surface area contributed by atoms with Gasteiger partial charge in [-0.25, -0.2) is 0 Å². The zero-order chi connectivity index (χ0) is 15.4. The molecule has 1 atom stereocenters. The number of hydrogen-bond donors (Lipinski definition) is 2. The van der Waals surface area contributed by atoms with Gasteiger partial charge < -0.3 is 15.4 Å². The van der Waals surface area contributed by atoms with Gasteiger partial charge in [0, 0.05) is 29.6 Å². The maximum Gasteiger partial charge on any atom is 0.233 e. The van der Waals surface area contributed by atoms with E-state index in [0.717, 1.165) is 12.0 Å². The van der Waals surface area contributed by atoms with Crippen molar-refractivity contribution in [2.45, 2.75) is 26.3 Å². The summed E-state index contributed by atoms with van der Waals surface area (Å²) in [4.78, 5) is 11.8. The van der Waals surface area contributed by atoms with Crippen LogP contribution in [0.3, 0.4) is 0 Å². The van der Waals surface area contributed by atoms with Gasteiger partial charge in [0.15, 0.2) is 0 Å². The second-order valence-electron chi connectivity index (χ2n) is 5.57. The fourth-order valence-electron chi connectivity index (χ4n) is 2.23. The highest BCUT2D eigenvalue weighted by molar-refractivity contribution is 6.35. The Bertz CT molecular complexity index is 521. The quantitative estimate of drug-likeness (QED) is 0.871. The van der Waals surface area contributed by atoms with Crippen LogP contribution in [0.25, 0.3) is 0 Å². The number of carbonyl (C=O) groups excluding carboxylic acids is 1. The molecular weight excluding hydrogens is 311 g/mol. The summed E-state index contributed by atoms with van der Waals surface area (Å²) in [5.41, 5.74) is 0.912. The Balaban J connectivity index is 1.99. The molecule has 1 unspecified atom stereocenters. The van der Waals surface area contributed by atoms with Gasteiger partial charge in [-0.1, -0.05) is 37.0 Å². The largest absolute Gasteiger partial charge is 0.492 e. The lowest BCUT2D eigenvalue weighted by molar-refractivity contribution is -0.120. The monoisotopic (exact) mass is 330 g/mol. The van der Waals surface area contributed by atoms with Crippen molar-refractivity contribution in [3.63, 3.8) is 0 Å². The number of hydrogen-bond acceptors (Lipinski definition) is 3. The third-order valence-electron chi connectivity index (χ3n) is 3.28. The van der Waals surface area contributed by atoms with Crippen molar-refractivity contribution < 1.29 is 9.53 Å². The molecule has 0 saturated carbocycles. The highest BCUT2D eigenvalue weighted by Gasteiger charge is 2.24. The van der Waals surface area contributed by atoms with Crippen molar-refractivity contribution in [2.75, 3.05) is 19.7 Å². The van der Waals surface area contributed by atoms with Crippen molar-refractivity contribution in [2.24, 2.45) is 5.92 Å². The van der Waals surface area contributed by atoms with Gasteiger partial charge in [0.25, 0.3) is 0 Å². The van der Waals surface area contributed by atoms with Crippen LogP contribution in [0.2, 0.25) is 10.0 Å². The molecule has 0 aliphatic carbocycles. The van der Waals surface area contributed by atoms with Crippen LogP contribution in [0.5, 0.6) is 5.75 Å². The highest BCUT2D eigenvalue weighted by Crippen LogP contribution is 2.39. The van der Waals surface area contributed by atoms with Gasteiger partial charge in [-0.15, -0.1) is 0 Å². The molecule has 0 radical (unpaired) electrons. The Morgan fingerprint density at radius 1 is 1.43 bits per heavy atom. The number of carbonyl (C=O) groups is 1. The average molecular weight is 331 g/mol. The molecule has 1 aromatic carbocycles. The van der Waals surface area contributed by atoms with Crippen LogP contribution in [0, 0.1) is 5.92 Å². The van der Waals surface area contributed by atoms with E-state index in [9.17, 15) is 4.79 Å². The fraction of sp³-hybridized carbons (Fsp3) is 0.533. The van der Waals surface area contributed by atoms with Gasteiger partial charge in [0.1, 0.15) is 5.75 Å². The zero-order valence-electron chi connectivity index (χ0n) is 12.2. The second kappa shape index (κ2) is 7.34. The minimum atomic E-state index is -0.00938. The first-order valence-corrected chi connectivity index (χ1v) is 7.84. The van der Waals surface area contributed by atoms with Crippen molar-refractivity contribution in [3.8, 4) is 5.75 Å². The molecule has 1 heterocycles. The third-order valence-corrected chi connectivity index (χ3v) is 3.78. The average Bonchev–Trinajstić information content (AvgIpc) is 2.43. The van der Waals surface area contributed by atoms with Crippen LogP contribution in [-0.2, 0) is 4.79 Å². The van der Waals surface area contributed by atoms with Crippen LogP contribution in [0.15, 0.2) is 12.1 Å². The molecule has 1 amide bonds. The van der Waals surface area contributed by atoms with E-state index in [-0.39, 0.29) is 18.5 Å². The first kappa shape index (κ1) is 16.4. The maximum absolute atomic E-state index is 11.8. The van der Waals surface area contributed by atoms with Crippen LogP contribution in [0.1, 0.15) is 31.9 Å². The van der Waals surface area contributed by atoms with E-state index in [2.05, 4.69) is 24.5 Å². The lowest BCUT2D eigenvalue weighted by Crippen LogP contribution is -2.38. The normalized spacial score (nSPS) is 17.3. The minimum Gasteiger partial charge on any atom is -0.492 e. The van der Waals surface area contributed by atoms with Crippen LogP contribution in [-0.4, -0.2) is 25.6 Å². The third kappa shape index (κ3) is 4.50. The summed E-state index contributed by atoms with van der Waals surface area (Å²) in [5.74, 6) is 1.09. The summed E-state index contributed by atoms with van der Waals surface area (Å²) in [6.45, 7) is 5.64. The van der Waals surface area contributed by atoms with E-state index in [1.807, 2.05) is 6.07 Å². The summed E-state index contributed by atoms with van der Waals surface area (Å²) in [5, 5.41) is 7.21. The molecular formula is C15H20Cl2N2O2. The Morgan fingerprint density at radius 3 is 2.90 bits per heavy atom. The summed E-state index contributed by atoms with van der Waals surface area (Å²) in [6, 6.07) is 3.53. The van der Waals surface area contributed by atoms with Crippen molar-refractivity contribution in [3.05, 3.63) is 27.7 Å². The Labute approximate surface area is 135 Å². The van der Waals surface area contributed by atoms with Gasteiger partial charge >= 0.3 is 0 Å². The molecule has 21 heavy (non-hydrogen) atoms. The Morgan fingerprint density at radius 2 is 2.19 bits per heavy atom. The smallest absolute Gasteiger partial charge is 0.233 e. The number of benzene rings is 1. The molecule has 1 aliphatic heterocycles. The van der Waals surface area contributed by atoms with E-state index >= 15 is 0 Å². The predicted octanol–water partition coefficient (Wildman–Crippen LogP) is 3.18. The number of ether oxygens (including phenoxy) is 1. The van der Waals surface area contributed by atoms with E-state index in [1.54, 1.807) is 6.07 Å². The van der Waals surface area contributed by atoms with E-state index < -0.39 is 0 Å². The first-order chi connectivity index (χ1) is 9.97. The lowest BCUT2D eigenvalue weighted by Gasteiger charge is -2.27. The second-order valence-corrected chi connectivity index (χ2v) is 6.42. The predicted molar refractivity (Wildman–Crippen MR) is 85.2 cm³/mol. The number of halogens is 2. The molecule has 2 rings (SSSR count). The molecule has 0 fully saturated rings. The topological polar surface area (TPSA) is 50.4 Å². The molecule has 0 aromatic heterocycles. The van der Waals surface area contributed by atoms with E-state index in [4.69, 9.17) is 27.9 Å². The van der Waals surface area contributed by atoms with Crippen molar-refractivity contribution in [1.29, 1.82) is 0 Å². The molecule has 0 saturated heterocycles. The summed E-state index contributed by atoms with van der Waals surface area (Å²) >= 11 is 12.2. The number of fused-ring (bicyclic) bond motifs is 1. The number of amides is 1. The van der Waals surface area contributed by atoms with Crippen LogP contribution in [0.4, 0.5) is 0 Å². The van der Waals surface area contributed by atoms with Gasteiger partial charge in [0.2, 0.25) is 5.91 Å². The van der Waals surface area contributed by atoms with Crippen molar-refractivity contribution in [1.82, 2.24) is 10.6 Å². The first-order valence-electron chi connectivity index (χ1n) is 7.09. The van der Waals surface area contributed by atoms with E-state index in [0.29, 0.717) is 34.9 Å². The lowest BCUT2D eigenvalue weighted by atomic mass is 10.0. The zero-order valence-corrected chi connectivity index (χ0v) is 13.7. The standard InChI is InChI=1S/C15H20Cl2N2O2/c1-9(2)7-19-14(20)8-18-13-3-4-21-15-11(13)5-10(16)6-12(15)17/h5-6,9,13,18H,3-4,7-8H2,1-2H3,(H,19,20). The SMILES string of the molecule is CC(C)CNC(=O)CNC1CCOc2c(Cl)cc(Cl)cc21. The van der Waals surface area contributed by atoms with Gasteiger partial charge in [-0.05, 0) is 18.1 Å². The fourth-order valence-corrected chi connectivity index (χ4v) is 2.80. The van der Waals surface area contributed by atoms with Crippen LogP contribution >= 0.6 is 23.2 Å². The van der Waals surface area contributed by atoms with Gasteiger partial charge in [-0.2, -0.15) is 0 Å². The summed E-state index contributed by atoms with van der Waals surface area (Å²) < 4.78 is 5.59. The molecule has 6 heteroatoms. The minimum absolute atomic E-state index is 0.00938. The van der Waals surface area contributed by atoms with Crippen molar-refractivity contribution >= 4 is 29.1 Å². The molecule has 1 aromatic rings. The highest BCUT2D eigenvalue weighted by atomic mass is 35.5. The molecule has 2 N–H and O–H groups in total. The molecule has 116 valence electrons. The maximum atomic E-state index is 11.8. The van der Waals surface area contributed by atoms with E-state index in [1.165, 1.54) is 0 Å². The summed E-state index contributed by atoms with van der Waals surface area (Å²) in [7, 11) is 0. The Kier molecular flexibility index (Phi) is 5.73. The summed E-state index contributed by atoms with van der Waals surface area (Å²) in [6.07, 6.45) is 0.779. The molecule has 0 bridgehead atoms. The number of nitrogens with one attached hydrogen (secondary N) is 2. The number of rotatable bonds is 5. The molecule has 4 nitrogen and oxygen atoms in total. The molecule has 0 spiro atoms. The Hall–Kier alpha value is -0.970. The van der Waals surface area contributed by atoms with Gasteiger partial charge in [-0.3, -0.25) is 4.79 Å².